The van der Waals surface area contributed by atoms with Crippen LogP contribution in [0.2, 0.25) is 0 Å². The van der Waals surface area contributed by atoms with Crippen molar-refractivity contribution in [3.05, 3.63) is 29.6 Å². The lowest BCUT2D eigenvalue weighted by molar-refractivity contribution is 0.731. The van der Waals surface area contributed by atoms with Crippen molar-refractivity contribution in [2.75, 3.05) is 11.5 Å². The van der Waals surface area contributed by atoms with Crippen molar-refractivity contribution in [2.24, 2.45) is 17.3 Å². The van der Waals surface area contributed by atoms with Crippen molar-refractivity contribution < 1.29 is 0 Å². The second kappa shape index (κ2) is 4.48. The van der Waals surface area contributed by atoms with Gasteiger partial charge >= 0.3 is 0 Å². The first-order valence-corrected chi connectivity index (χ1v) is 5.56. The number of hydrogen-bond acceptors (Lipinski definition) is 5. The van der Waals surface area contributed by atoms with Gasteiger partial charge in [0.15, 0.2) is 0 Å². The molecule has 0 unspecified atom stereocenters. The lowest BCUT2D eigenvalue weighted by atomic mass is 10.2. The van der Waals surface area contributed by atoms with E-state index in [1.807, 2.05) is 20.9 Å². The van der Waals surface area contributed by atoms with Gasteiger partial charge in [0.1, 0.15) is 11.4 Å². The molecule has 0 bridgehead atoms. The van der Waals surface area contributed by atoms with Crippen LogP contribution in [-0.2, 0) is 7.05 Å². The Hall–Kier alpha value is -2.37. The number of nitrogens with zero attached hydrogens (tertiary/aromatic N) is 4. The molecule has 0 aliphatic heterocycles. The van der Waals surface area contributed by atoms with E-state index in [0.29, 0.717) is 17.1 Å². The van der Waals surface area contributed by atoms with Gasteiger partial charge in [0.25, 0.3) is 0 Å². The predicted molar refractivity (Wildman–Crippen MR) is 72.1 cm³/mol. The molecule has 0 atom stereocenters. The maximum Gasteiger partial charge on any atom is 0.129 e. The van der Waals surface area contributed by atoms with E-state index >= 15 is 0 Å². The third kappa shape index (κ3) is 2.17. The van der Waals surface area contributed by atoms with Crippen LogP contribution >= 0.6 is 0 Å². The fourth-order valence-electron chi connectivity index (χ4n) is 1.68. The Bertz CT molecular complexity index is 611. The largest absolute Gasteiger partial charge is 0.399 e. The van der Waals surface area contributed by atoms with Crippen molar-refractivity contribution in [1.29, 1.82) is 0 Å². The molecule has 2 aromatic rings. The van der Waals surface area contributed by atoms with Gasteiger partial charge in [0.2, 0.25) is 0 Å². The third-order valence-corrected chi connectivity index (χ3v) is 2.78. The molecule has 0 fully saturated rings. The first-order valence-electron chi connectivity index (χ1n) is 5.56. The van der Waals surface area contributed by atoms with Crippen LogP contribution in [0, 0.1) is 13.8 Å². The van der Waals surface area contributed by atoms with E-state index in [1.165, 1.54) is 0 Å². The Morgan fingerprint density at radius 1 is 1.17 bits per heavy atom. The number of anilines is 2. The molecule has 1 heterocycles. The molecule has 0 aliphatic rings. The topological polar surface area (TPSA) is 94.6 Å². The van der Waals surface area contributed by atoms with Crippen molar-refractivity contribution in [3.63, 3.8) is 0 Å². The van der Waals surface area contributed by atoms with Gasteiger partial charge in [-0.2, -0.15) is 5.10 Å². The van der Waals surface area contributed by atoms with Crippen molar-refractivity contribution in [3.8, 4) is 0 Å². The zero-order chi connectivity index (χ0) is 13.3. The van der Waals surface area contributed by atoms with E-state index in [-0.39, 0.29) is 0 Å². The summed E-state index contributed by atoms with van der Waals surface area (Å²) in [4.78, 5) is 0. The van der Waals surface area contributed by atoms with E-state index in [1.54, 1.807) is 22.9 Å². The summed E-state index contributed by atoms with van der Waals surface area (Å²) in [5.74, 6) is 0. The molecule has 2 rings (SSSR count). The van der Waals surface area contributed by atoms with E-state index in [0.717, 1.165) is 17.1 Å². The average molecular weight is 244 g/mol. The monoisotopic (exact) mass is 244 g/mol. The molecule has 18 heavy (non-hydrogen) atoms. The number of aromatic nitrogens is 2. The second-order valence-corrected chi connectivity index (χ2v) is 4.16. The SMILES string of the molecule is Cc1nn(C)c(C)c1/N=N/c1ccc(N)cc1N. The first-order chi connectivity index (χ1) is 8.49. The number of aryl methyl sites for hydroxylation is 2. The zero-order valence-electron chi connectivity index (χ0n) is 10.7. The summed E-state index contributed by atoms with van der Waals surface area (Å²) in [7, 11) is 1.87. The van der Waals surface area contributed by atoms with E-state index in [4.69, 9.17) is 11.5 Å². The van der Waals surface area contributed by atoms with E-state index in [2.05, 4.69) is 15.3 Å². The molecule has 0 saturated heterocycles. The summed E-state index contributed by atoms with van der Waals surface area (Å²) in [6, 6.07) is 5.15. The maximum absolute atomic E-state index is 5.81. The summed E-state index contributed by atoms with van der Waals surface area (Å²) in [5.41, 5.74) is 15.7. The molecule has 4 N–H and O–H groups in total. The molecular weight excluding hydrogens is 228 g/mol. The maximum atomic E-state index is 5.81. The van der Waals surface area contributed by atoms with Crippen molar-refractivity contribution in [1.82, 2.24) is 9.78 Å². The smallest absolute Gasteiger partial charge is 0.129 e. The van der Waals surface area contributed by atoms with Gasteiger partial charge in [-0.1, -0.05) is 0 Å². The Morgan fingerprint density at radius 2 is 1.89 bits per heavy atom. The average Bonchev–Trinajstić information content (AvgIpc) is 2.53. The number of benzene rings is 1. The quantitative estimate of drug-likeness (QED) is 0.628. The molecular formula is C12H16N6. The lowest BCUT2D eigenvalue weighted by Crippen LogP contribution is -1.91. The Balaban J connectivity index is 2.36. The molecule has 0 saturated carbocycles. The normalized spacial score (nSPS) is 11.3. The summed E-state index contributed by atoms with van der Waals surface area (Å²) in [6.45, 7) is 3.84. The number of rotatable bonds is 2. The highest BCUT2D eigenvalue weighted by Crippen LogP contribution is 2.28. The first kappa shape index (κ1) is 12.1. The molecule has 1 aromatic heterocycles. The fraction of sp³-hybridized carbons (Fsp3) is 0.250. The lowest BCUT2D eigenvalue weighted by Gasteiger charge is -2.00. The van der Waals surface area contributed by atoms with Crippen LogP contribution < -0.4 is 11.5 Å². The van der Waals surface area contributed by atoms with Crippen LogP contribution in [0.15, 0.2) is 28.4 Å². The Morgan fingerprint density at radius 3 is 2.44 bits per heavy atom. The highest BCUT2D eigenvalue weighted by atomic mass is 15.3. The zero-order valence-corrected chi connectivity index (χ0v) is 10.7. The van der Waals surface area contributed by atoms with Crippen LogP contribution in [0.3, 0.4) is 0 Å². The fourth-order valence-corrected chi connectivity index (χ4v) is 1.68. The van der Waals surface area contributed by atoms with E-state index in [9.17, 15) is 0 Å². The summed E-state index contributed by atoms with van der Waals surface area (Å²) < 4.78 is 1.77. The van der Waals surface area contributed by atoms with Gasteiger partial charge in [0.05, 0.1) is 17.1 Å². The molecule has 94 valence electrons. The summed E-state index contributed by atoms with van der Waals surface area (Å²) in [6.07, 6.45) is 0. The molecule has 6 heteroatoms. The van der Waals surface area contributed by atoms with Crippen molar-refractivity contribution in [2.45, 2.75) is 13.8 Å². The third-order valence-electron chi connectivity index (χ3n) is 2.78. The van der Waals surface area contributed by atoms with Gasteiger partial charge in [-0.3, -0.25) is 4.68 Å². The van der Waals surface area contributed by atoms with Crippen molar-refractivity contribution >= 4 is 22.7 Å². The van der Waals surface area contributed by atoms with Crippen LogP contribution in [-0.4, -0.2) is 9.78 Å². The van der Waals surface area contributed by atoms with Gasteiger partial charge in [-0.15, -0.1) is 10.2 Å². The summed E-state index contributed by atoms with van der Waals surface area (Å²) in [5, 5.41) is 12.6. The van der Waals surface area contributed by atoms with Gasteiger partial charge in [-0.05, 0) is 32.0 Å². The summed E-state index contributed by atoms with van der Waals surface area (Å²) >= 11 is 0. The predicted octanol–water partition coefficient (Wildman–Crippen LogP) is 2.62. The number of nitrogens with two attached hydrogens (primary N) is 2. The number of hydrogen-bond donors (Lipinski definition) is 2. The highest BCUT2D eigenvalue weighted by molar-refractivity contribution is 5.67. The van der Waals surface area contributed by atoms with Crippen LogP contribution in [0.25, 0.3) is 0 Å². The minimum Gasteiger partial charge on any atom is -0.399 e. The molecule has 1 aromatic carbocycles. The Kier molecular flexibility index (Phi) is 3.01. The number of azo groups is 1. The molecule has 0 amide bonds. The highest BCUT2D eigenvalue weighted by Gasteiger charge is 2.08. The second-order valence-electron chi connectivity index (χ2n) is 4.16. The van der Waals surface area contributed by atoms with E-state index < -0.39 is 0 Å². The molecule has 0 aliphatic carbocycles. The standard InChI is InChI=1S/C12H16N6/c1-7-12(8(2)18(3)17-7)16-15-11-5-4-9(13)6-10(11)14/h4-6H,13-14H2,1-3H3/b16-15+. The van der Waals surface area contributed by atoms with Crippen LogP contribution in [0.5, 0.6) is 0 Å². The van der Waals surface area contributed by atoms with Gasteiger partial charge in [-0.25, -0.2) is 0 Å². The minimum absolute atomic E-state index is 0.512. The Labute approximate surface area is 105 Å². The molecule has 0 spiro atoms. The minimum atomic E-state index is 0.512. The van der Waals surface area contributed by atoms with Crippen LogP contribution in [0.4, 0.5) is 22.7 Å². The van der Waals surface area contributed by atoms with Gasteiger partial charge < -0.3 is 11.5 Å². The number of nitrogen functional groups attached to an aromatic ring is 2. The molecule has 6 nitrogen and oxygen atoms in total. The van der Waals surface area contributed by atoms with Crippen LogP contribution in [0.1, 0.15) is 11.4 Å². The molecule has 0 radical (unpaired) electrons. The van der Waals surface area contributed by atoms with Gasteiger partial charge in [0, 0.05) is 12.7 Å².